The first kappa shape index (κ1) is 7.54. The lowest BCUT2D eigenvalue weighted by atomic mass is 10.4. The lowest BCUT2D eigenvalue weighted by Crippen LogP contribution is -1.77. The number of hydrogen-bond acceptors (Lipinski definition) is 1. The maximum Gasteiger partial charge on any atom is 0.0877 e. The summed E-state index contributed by atoms with van der Waals surface area (Å²) in [6.45, 7) is 4.15. The maximum absolute atomic E-state index is 3.95. The number of H-pyrrole nitrogens is 1. The zero-order chi connectivity index (χ0) is 7.56. The van der Waals surface area contributed by atoms with Crippen LogP contribution >= 0.6 is 10.5 Å². The van der Waals surface area contributed by atoms with Gasteiger partial charge in [0.15, 0.2) is 0 Å². The molecule has 1 unspecified atom stereocenters. The predicted molar refractivity (Wildman–Crippen MR) is 46.8 cm³/mol. The Kier molecular flexibility index (Phi) is 2.27. The molecule has 0 saturated heterocycles. The molecule has 0 radical (unpaired) electrons. The molecule has 3 heteroatoms. The number of nitrogens with zero attached hydrogens (tertiary/aromatic N) is 1. The number of aromatic nitrogens is 2. The summed E-state index contributed by atoms with van der Waals surface area (Å²) >= 11 is 0. The minimum Gasteiger partial charge on any atom is -0.272 e. The largest absolute Gasteiger partial charge is 0.272 e. The standard InChI is InChI=1S/C7H12N2S/c1-4-10(3)7-6(2)5-8-9-7/h4-5H,1-3H3,(H,8,9). The Morgan fingerprint density at radius 3 is 2.80 bits per heavy atom. The molecule has 0 aliphatic rings. The van der Waals surface area contributed by atoms with E-state index in [0.29, 0.717) is 0 Å². The van der Waals surface area contributed by atoms with Crippen LogP contribution in [0.3, 0.4) is 0 Å². The number of aryl methyl sites for hydroxylation is 1. The predicted octanol–water partition coefficient (Wildman–Crippen LogP) is 1.80. The quantitative estimate of drug-likeness (QED) is 0.617. The highest BCUT2D eigenvalue weighted by Crippen LogP contribution is 2.21. The molecule has 0 aliphatic heterocycles. The van der Waals surface area contributed by atoms with Crippen molar-refractivity contribution in [3.63, 3.8) is 0 Å². The van der Waals surface area contributed by atoms with Gasteiger partial charge in [0.1, 0.15) is 0 Å². The van der Waals surface area contributed by atoms with E-state index in [2.05, 4.69) is 35.7 Å². The minimum atomic E-state index is 0.236. The van der Waals surface area contributed by atoms with Crippen LogP contribution in [0.25, 0.3) is 0 Å². The molecule has 1 rings (SSSR count). The normalized spacial score (nSPS) is 13.9. The van der Waals surface area contributed by atoms with Gasteiger partial charge >= 0.3 is 0 Å². The zero-order valence-corrected chi connectivity index (χ0v) is 7.33. The number of rotatable bonds is 1. The van der Waals surface area contributed by atoms with Crippen molar-refractivity contribution >= 4 is 15.9 Å². The molecule has 1 atom stereocenters. The Morgan fingerprint density at radius 2 is 2.40 bits per heavy atom. The van der Waals surface area contributed by atoms with Crippen LogP contribution in [0, 0.1) is 6.92 Å². The molecule has 1 aromatic heterocycles. The maximum atomic E-state index is 3.95. The fraction of sp³-hybridized carbons (Fsp3) is 0.429. The Morgan fingerprint density at radius 1 is 1.70 bits per heavy atom. The molecule has 0 fully saturated rings. The van der Waals surface area contributed by atoms with Gasteiger partial charge in [-0.3, -0.25) is 5.10 Å². The van der Waals surface area contributed by atoms with E-state index in [9.17, 15) is 0 Å². The molecule has 0 amide bonds. The molecule has 56 valence electrons. The molecular weight excluding hydrogens is 144 g/mol. The summed E-state index contributed by atoms with van der Waals surface area (Å²) in [7, 11) is 0.236. The van der Waals surface area contributed by atoms with Gasteiger partial charge < -0.3 is 0 Å². The zero-order valence-electron chi connectivity index (χ0n) is 6.51. The van der Waals surface area contributed by atoms with Gasteiger partial charge in [-0.05, 0) is 20.1 Å². The van der Waals surface area contributed by atoms with Gasteiger partial charge in [0.25, 0.3) is 0 Å². The second kappa shape index (κ2) is 3.01. The van der Waals surface area contributed by atoms with Crippen molar-refractivity contribution in [1.82, 2.24) is 10.2 Å². The van der Waals surface area contributed by atoms with E-state index in [4.69, 9.17) is 0 Å². The van der Waals surface area contributed by atoms with Crippen LogP contribution in [-0.4, -0.2) is 21.8 Å². The van der Waals surface area contributed by atoms with Crippen molar-refractivity contribution < 1.29 is 0 Å². The molecule has 0 aromatic carbocycles. The topological polar surface area (TPSA) is 28.7 Å². The van der Waals surface area contributed by atoms with E-state index in [0.717, 1.165) is 0 Å². The van der Waals surface area contributed by atoms with E-state index >= 15 is 0 Å². The van der Waals surface area contributed by atoms with E-state index in [1.54, 1.807) is 0 Å². The van der Waals surface area contributed by atoms with Gasteiger partial charge in [-0.1, -0.05) is 5.37 Å². The highest BCUT2D eigenvalue weighted by atomic mass is 32.2. The van der Waals surface area contributed by atoms with Crippen LogP contribution in [0.1, 0.15) is 12.5 Å². The summed E-state index contributed by atoms with van der Waals surface area (Å²) in [5, 5.41) is 10.4. The average molecular weight is 156 g/mol. The highest BCUT2D eigenvalue weighted by molar-refractivity contribution is 8.14. The van der Waals surface area contributed by atoms with Crippen molar-refractivity contribution in [2.24, 2.45) is 0 Å². The Hall–Kier alpha value is -0.570. The van der Waals surface area contributed by atoms with Crippen molar-refractivity contribution in [2.75, 3.05) is 6.26 Å². The summed E-state index contributed by atoms with van der Waals surface area (Å²) in [6.07, 6.45) is 4.04. The average Bonchev–Trinajstić information content (AvgIpc) is 2.34. The van der Waals surface area contributed by atoms with Gasteiger partial charge in [0, 0.05) is 5.56 Å². The lowest BCUT2D eigenvalue weighted by Gasteiger charge is -1.97. The fourth-order valence-electron chi connectivity index (χ4n) is 0.778. The molecule has 0 bridgehead atoms. The smallest absolute Gasteiger partial charge is 0.0877 e. The van der Waals surface area contributed by atoms with Crippen LogP contribution in [0.5, 0.6) is 0 Å². The van der Waals surface area contributed by atoms with E-state index in [1.807, 2.05) is 6.20 Å². The number of aromatic amines is 1. The molecule has 1 heterocycles. The van der Waals surface area contributed by atoms with Gasteiger partial charge in [0.2, 0.25) is 0 Å². The Labute approximate surface area is 63.6 Å². The van der Waals surface area contributed by atoms with Crippen LogP contribution in [0.4, 0.5) is 0 Å². The molecule has 2 nitrogen and oxygen atoms in total. The van der Waals surface area contributed by atoms with Crippen LogP contribution in [0.15, 0.2) is 11.2 Å². The fourth-order valence-corrected chi connectivity index (χ4v) is 1.77. The first-order chi connectivity index (χ1) is 4.75. The first-order valence-corrected chi connectivity index (χ1v) is 4.89. The van der Waals surface area contributed by atoms with Crippen molar-refractivity contribution in [2.45, 2.75) is 18.9 Å². The highest BCUT2D eigenvalue weighted by Gasteiger charge is 1.98. The van der Waals surface area contributed by atoms with Gasteiger partial charge in [-0.15, -0.1) is 10.5 Å². The van der Waals surface area contributed by atoms with Gasteiger partial charge in [-0.25, -0.2) is 0 Å². The lowest BCUT2D eigenvalue weighted by molar-refractivity contribution is 0.999. The van der Waals surface area contributed by atoms with Crippen LogP contribution in [-0.2, 0) is 0 Å². The molecule has 0 spiro atoms. The number of hydrogen-bond donors (Lipinski definition) is 1. The first-order valence-electron chi connectivity index (χ1n) is 3.20. The molecule has 10 heavy (non-hydrogen) atoms. The molecule has 1 N–H and O–H groups in total. The third-order valence-electron chi connectivity index (χ3n) is 1.46. The summed E-state index contributed by atoms with van der Waals surface area (Å²) in [4.78, 5) is 0. The van der Waals surface area contributed by atoms with E-state index in [-0.39, 0.29) is 10.5 Å². The SMILES string of the molecule is CC=S(C)c1[nH]ncc1C. The second-order valence-corrected chi connectivity index (χ2v) is 4.17. The summed E-state index contributed by atoms with van der Waals surface area (Å²) in [5.74, 6) is 0. The van der Waals surface area contributed by atoms with Crippen molar-refractivity contribution in [3.8, 4) is 0 Å². The Bertz CT molecular complexity index is 250. The summed E-state index contributed by atoms with van der Waals surface area (Å²) < 4.78 is 0. The molecule has 0 saturated carbocycles. The van der Waals surface area contributed by atoms with E-state index < -0.39 is 0 Å². The van der Waals surface area contributed by atoms with Gasteiger partial charge in [-0.2, -0.15) is 5.10 Å². The number of nitrogens with one attached hydrogen (secondary N) is 1. The third-order valence-corrected chi connectivity index (χ3v) is 3.22. The third kappa shape index (κ3) is 1.29. The molecular formula is C7H12N2S. The van der Waals surface area contributed by atoms with Crippen LogP contribution < -0.4 is 0 Å². The summed E-state index contributed by atoms with van der Waals surface area (Å²) in [5.41, 5.74) is 1.25. The van der Waals surface area contributed by atoms with Crippen molar-refractivity contribution in [1.29, 1.82) is 0 Å². The minimum absolute atomic E-state index is 0.236. The van der Waals surface area contributed by atoms with Gasteiger partial charge in [0.05, 0.1) is 11.2 Å². The van der Waals surface area contributed by atoms with Crippen LogP contribution in [0.2, 0.25) is 0 Å². The molecule has 1 aromatic rings. The molecule has 0 aliphatic carbocycles. The monoisotopic (exact) mass is 156 g/mol. The summed E-state index contributed by atoms with van der Waals surface area (Å²) in [6, 6.07) is 0. The Balaban J connectivity index is 3.05. The second-order valence-electron chi connectivity index (χ2n) is 2.18. The van der Waals surface area contributed by atoms with E-state index in [1.165, 1.54) is 10.6 Å². The van der Waals surface area contributed by atoms with Crippen molar-refractivity contribution in [3.05, 3.63) is 11.8 Å².